The molecule has 1 aliphatic heterocycles. The van der Waals surface area contributed by atoms with E-state index in [0.717, 1.165) is 55.7 Å². The van der Waals surface area contributed by atoms with Gasteiger partial charge in [-0.05, 0) is 86.2 Å². The minimum atomic E-state index is -0.0443. The number of carbonyl (C=O) groups excluding carboxylic acids is 2. The van der Waals surface area contributed by atoms with Gasteiger partial charge in [0.2, 0.25) is 11.8 Å². The highest BCUT2D eigenvalue weighted by molar-refractivity contribution is 5.91. The van der Waals surface area contributed by atoms with Crippen molar-refractivity contribution in [3.63, 3.8) is 0 Å². The van der Waals surface area contributed by atoms with Crippen molar-refractivity contribution < 1.29 is 9.59 Å². The van der Waals surface area contributed by atoms with E-state index >= 15 is 0 Å². The minimum absolute atomic E-state index is 0.0443. The second-order valence-corrected chi connectivity index (χ2v) is 10.5. The van der Waals surface area contributed by atoms with Crippen LogP contribution in [-0.4, -0.2) is 35.8 Å². The van der Waals surface area contributed by atoms with E-state index in [1.165, 1.54) is 38.5 Å². The molecule has 4 nitrogen and oxygen atoms in total. The van der Waals surface area contributed by atoms with Crippen molar-refractivity contribution in [3.05, 3.63) is 42.0 Å². The first-order valence-electron chi connectivity index (χ1n) is 11.9. The van der Waals surface area contributed by atoms with Crippen molar-refractivity contribution in [2.24, 2.45) is 23.2 Å². The zero-order chi connectivity index (χ0) is 20.6. The predicted molar refractivity (Wildman–Crippen MR) is 118 cm³/mol. The van der Waals surface area contributed by atoms with Crippen LogP contribution in [0.15, 0.2) is 36.4 Å². The van der Waals surface area contributed by atoms with E-state index < -0.39 is 0 Å². The maximum absolute atomic E-state index is 13.1. The first-order valence-corrected chi connectivity index (χ1v) is 11.9. The second kappa shape index (κ2) is 8.20. The molecule has 1 aromatic carbocycles. The molecule has 6 rings (SSSR count). The van der Waals surface area contributed by atoms with Gasteiger partial charge in [-0.1, -0.05) is 30.3 Å². The summed E-state index contributed by atoms with van der Waals surface area (Å²) < 4.78 is 0. The Bertz CT molecular complexity index is 772. The Hall–Kier alpha value is -2.10. The normalized spacial score (nSPS) is 33.2. The van der Waals surface area contributed by atoms with Crippen LogP contribution < -0.4 is 5.32 Å². The number of likely N-dealkylation sites (tertiary alicyclic amines) is 1. The number of nitrogens with one attached hydrogen (secondary N) is 1. The van der Waals surface area contributed by atoms with E-state index in [4.69, 9.17) is 0 Å². The third kappa shape index (κ3) is 4.33. The van der Waals surface area contributed by atoms with Crippen LogP contribution in [-0.2, 0) is 9.59 Å². The van der Waals surface area contributed by atoms with Gasteiger partial charge in [0.1, 0.15) is 0 Å². The molecule has 160 valence electrons. The van der Waals surface area contributed by atoms with E-state index in [-0.39, 0.29) is 11.9 Å². The number of benzene rings is 1. The fraction of sp³-hybridized carbons (Fsp3) is 0.615. The number of hydrogen-bond donors (Lipinski definition) is 1. The van der Waals surface area contributed by atoms with Crippen LogP contribution in [0.4, 0.5) is 0 Å². The molecule has 1 heterocycles. The summed E-state index contributed by atoms with van der Waals surface area (Å²) in [6.45, 7) is 1.55. The Morgan fingerprint density at radius 2 is 1.57 bits per heavy atom. The maximum Gasteiger partial charge on any atom is 0.244 e. The Kier molecular flexibility index (Phi) is 5.43. The van der Waals surface area contributed by atoms with Crippen LogP contribution in [0.1, 0.15) is 63.4 Å². The zero-order valence-electron chi connectivity index (χ0n) is 17.9. The number of rotatable bonds is 5. The molecule has 5 fully saturated rings. The summed E-state index contributed by atoms with van der Waals surface area (Å²) in [5.41, 5.74) is 1.34. The number of carbonyl (C=O) groups is 2. The highest BCUT2D eigenvalue weighted by Crippen LogP contribution is 2.61. The van der Waals surface area contributed by atoms with Crippen LogP contribution in [0.3, 0.4) is 0 Å². The van der Waals surface area contributed by atoms with Gasteiger partial charge in [0.05, 0.1) is 0 Å². The zero-order valence-corrected chi connectivity index (χ0v) is 17.9. The second-order valence-electron chi connectivity index (χ2n) is 10.5. The molecule has 0 unspecified atom stereocenters. The monoisotopic (exact) mass is 406 g/mol. The molecular weight excluding hydrogens is 372 g/mol. The van der Waals surface area contributed by atoms with E-state index in [1.807, 2.05) is 36.4 Å². The van der Waals surface area contributed by atoms with E-state index in [2.05, 4.69) is 10.2 Å². The van der Waals surface area contributed by atoms with Crippen molar-refractivity contribution in [1.29, 1.82) is 0 Å². The number of amides is 2. The topological polar surface area (TPSA) is 49.4 Å². The lowest BCUT2D eigenvalue weighted by Crippen LogP contribution is -2.50. The number of piperidine rings is 1. The summed E-state index contributed by atoms with van der Waals surface area (Å²) in [4.78, 5) is 27.4. The van der Waals surface area contributed by atoms with Crippen LogP contribution in [0, 0.1) is 23.2 Å². The van der Waals surface area contributed by atoms with E-state index in [1.54, 1.807) is 6.08 Å². The molecule has 1 saturated heterocycles. The van der Waals surface area contributed by atoms with Gasteiger partial charge in [0.15, 0.2) is 0 Å². The summed E-state index contributed by atoms with van der Waals surface area (Å²) in [7, 11) is 0. The predicted octanol–water partition coefficient (Wildman–Crippen LogP) is 4.41. The quantitative estimate of drug-likeness (QED) is 0.736. The molecule has 1 N–H and O–H groups in total. The summed E-state index contributed by atoms with van der Waals surface area (Å²) in [5.74, 6) is 3.01. The first kappa shape index (κ1) is 19.8. The molecule has 5 aliphatic rings. The average molecular weight is 407 g/mol. The summed E-state index contributed by atoms with van der Waals surface area (Å²) in [6, 6.07) is 10.0. The van der Waals surface area contributed by atoms with Crippen LogP contribution in [0.2, 0.25) is 0 Å². The van der Waals surface area contributed by atoms with Gasteiger partial charge in [0, 0.05) is 31.6 Å². The molecule has 0 radical (unpaired) electrons. The van der Waals surface area contributed by atoms with Crippen molar-refractivity contribution in [1.82, 2.24) is 10.2 Å². The standard InChI is InChI=1S/C26H34N2O2/c29-24(7-6-19-4-2-1-3-5-19)27-23-8-10-28(11-9-23)25(30)18-26-15-20-12-21(16-26)14-22(13-20)17-26/h1-7,20-23H,8-18H2,(H,27,29)/b7-6+. The van der Waals surface area contributed by atoms with Crippen LogP contribution in [0.5, 0.6) is 0 Å². The molecule has 0 atom stereocenters. The van der Waals surface area contributed by atoms with Crippen molar-refractivity contribution in [2.75, 3.05) is 13.1 Å². The lowest BCUT2D eigenvalue weighted by molar-refractivity contribution is -0.140. The maximum atomic E-state index is 13.1. The molecular formula is C26H34N2O2. The van der Waals surface area contributed by atoms with Gasteiger partial charge in [-0.2, -0.15) is 0 Å². The van der Waals surface area contributed by atoms with Crippen LogP contribution in [0.25, 0.3) is 6.08 Å². The molecule has 0 aromatic heterocycles. The van der Waals surface area contributed by atoms with Gasteiger partial charge in [-0.25, -0.2) is 0 Å². The fourth-order valence-electron chi connectivity index (χ4n) is 7.20. The largest absolute Gasteiger partial charge is 0.350 e. The molecule has 30 heavy (non-hydrogen) atoms. The number of hydrogen-bond acceptors (Lipinski definition) is 2. The Morgan fingerprint density at radius 1 is 0.967 bits per heavy atom. The highest BCUT2D eigenvalue weighted by Gasteiger charge is 2.51. The summed E-state index contributed by atoms with van der Waals surface area (Å²) in [5, 5.41) is 3.11. The van der Waals surface area contributed by atoms with Gasteiger partial charge < -0.3 is 10.2 Å². The molecule has 4 heteroatoms. The van der Waals surface area contributed by atoms with Crippen molar-refractivity contribution in [3.8, 4) is 0 Å². The van der Waals surface area contributed by atoms with E-state index in [9.17, 15) is 9.59 Å². The molecule has 0 spiro atoms. The van der Waals surface area contributed by atoms with Crippen molar-refractivity contribution in [2.45, 2.75) is 63.8 Å². The summed E-state index contributed by atoms with van der Waals surface area (Å²) in [6.07, 6.45) is 14.1. The third-order valence-electron chi connectivity index (χ3n) is 8.11. The lowest BCUT2D eigenvalue weighted by Gasteiger charge is -2.57. The Balaban J connectivity index is 1.09. The molecule has 4 aliphatic carbocycles. The van der Waals surface area contributed by atoms with Crippen molar-refractivity contribution >= 4 is 17.9 Å². The first-order chi connectivity index (χ1) is 14.6. The lowest BCUT2D eigenvalue weighted by atomic mass is 9.49. The molecule has 2 amide bonds. The fourth-order valence-corrected chi connectivity index (χ4v) is 7.20. The van der Waals surface area contributed by atoms with Gasteiger partial charge in [0.25, 0.3) is 0 Å². The number of nitrogens with zero attached hydrogens (tertiary/aromatic N) is 1. The third-order valence-corrected chi connectivity index (χ3v) is 8.11. The molecule has 4 saturated carbocycles. The Morgan fingerprint density at radius 3 is 2.17 bits per heavy atom. The average Bonchev–Trinajstić information content (AvgIpc) is 2.72. The highest BCUT2D eigenvalue weighted by atomic mass is 16.2. The van der Waals surface area contributed by atoms with E-state index in [0.29, 0.717) is 11.3 Å². The van der Waals surface area contributed by atoms with Gasteiger partial charge in [-0.15, -0.1) is 0 Å². The van der Waals surface area contributed by atoms with Gasteiger partial charge in [-0.3, -0.25) is 9.59 Å². The molecule has 1 aromatic rings. The summed E-state index contributed by atoms with van der Waals surface area (Å²) >= 11 is 0. The SMILES string of the molecule is O=C(/C=C/c1ccccc1)NC1CCN(C(=O)CC23CC4CC(CC(C4)C2)C3)CC1. The smallest absolute Gasteiger partial charge is 0.244 e. The Labute approximate surface area is 180 Å². The van der Waals surface area contributed by atoms with Gasteiger partial charge >= 0.3 is 0 Å². The van der Waals surface area contributed by atoms with Crippen LogP contribution >= 0.6 is 0 Å². The molecule has 4 bridgehead atoms. The minimum Gasteiger partial charge on any atom is -0.350 e.